The van der Waals surface area contributed by atoms with Gasteiger partial charge in [-0.15, -0.1) is 0 Å². The molecule has 5 unspecified atom stereocenters. The van der Waals surface area contributed by atoms with Crippen molar-refractivity contribution in [3.05, 3.63) is 35.4 Å². The van der Waals surface area contributed by atoms with Gasteiger partial charge in [-0.25, -0.2) is 0 Å². The maximum Gasteiger partial charge on any atom is 0.303 e. The number of rotatable bonds is 2. The Kier molecular flexibility index (Phi) is 3.35. The molecular weight excluding hydrogens is 342 g/mol. The van der Waals surface area contributed by atoms with E-state index in [1.807, 2.05) is 6.07 Å². The van der Waals surface area contributed by atoms with Crippen molar-refractivity contribution in [1.82, 2.24) is 4.90 Å². The molecule has 4 aliphatic rings. The predicted octanol–water partition coefficient (Wildman–Crippen LogP) is 2.85. The van der Waals surface area contributed by atoms with E-state index < -0.39 is 5.60 Å². The quantitative estimate of drug-likeness (QED) is 0.593. The molecule has 144 valence electrons. The third-order valence-corrected chi connectivity index (χ3v) is 7.54. The fourth-order valence-corrected chi connectivity index (χ4v) is 6.74. The van der Waals surface area contributed by atoms with Gasteiger partial charge in [0.15, 0.2) is 11.5 Å². The van der Waals surface area contributed by atoms with Crippen LogP contribution < -0.4 is 9.47 Å². The van der Waals surface area contributed by atoms with Gasteiger partial charge in [0.05, 0.1) is 18.6 Å². The van der Waals surface area contributed by atoms with Crippen molar-refractivity contribution in [2.45, 2.75) is 56.3 Å². The zero-order chi connectivity index (χ0) is 19.1. The molecule has 0 aromatic heterocycles. The molecule has 5 nitrogen and oxygen atoms in total. The molecule has 5 rings (SSSR count). The highest BCUT2D eigenvalue weighted by Crippen LogP contribution is 2.68. The van der Waals surface area contributed by atoms with E-state index in [-0.39, 0.29) is 29.4 Å². The Bertz CT molecular complexity index is 864. The van der Waals surface area contributed by atoms with Gasteiger partial charge in [0.1, 0.15) is 11.7 Å². The molecule has 1 aromatic rings. The summed E-state index contributed by atoms with van der Waals surface area (Å²) in [5.41, 5.74) is 2.59. The number of piperidine rings is 1. The van der Waals surface area contributed by atoms with Crippen LogP contribution in [0.4, 0.5) is 0 Å². The first kappa shape index (κ1) is 17.1. The number of hydrogen-bond acceptors (Lipinski definition) is 5. The molecule has 1 saturated heterocycles. The molecule has 2 bridgehead atoms. The second-order valence-corrected chi connectivity index (χ2v) is 8.70. The third-order valence-electron chi connectivity index (χ3n) is 7.54. The van der Waals surface area contributed by atoms with Crippen molar-refractivity contribution in [3.8, 4) is 11.5 Å². The van der Waals surface area contributed by atoms with Crippen LogP contribution >= 0.6 is 0 Å². The van der Waals surface area contributed by atoms with E-state index in [1.54, 1.807) is 7.11 Å². The predicted molar refractivity (Wildman–Crippen MR) is 101 cm³/mol. The van der Waals surface area contributed by atoms with Gasteiger partial charge in [-0.3, -0.25) is 9.69 Å². The van der Waals surface area contributed by atoms with E-state index in [2.05, 4.69) is 31.5 Å². The van der Waals surface area contributed by atoms with Crippen molar-refractivity contribution >= 4 is 5.97 Å². The molecule has 5 atom stereocenters. The number of nitrogens with zero attached hydrogens (tertiary/aromatic N) is 1. The minimum absolute atomic E-state index is 0.135. The molecule has 27 heavy (non-hydrogen) atoms. The van der Waals surface area contributed by atoms with E-state index >= 15 is 0 Å². The van der Waals surface area contributed by atoms with Gasteiger partial charge < -0.3 is 14.2 Å². The maximum atomic E-state index is 12.4. The smallest absolute Gasteiger partial charge is 0.303 e. The number of benzene rings is 1. The Morgan fingerprint density at radius 1 is 1.37 bits per heavy atom. The number of esters is 1. The number of carbonyl (C=O) groups is 1. The average Bonchev–Trinajstić information content (AvgIpc) is 2.97. The van der Waals surface area contributed by atoms with Gasteiger partial charge in [-0.05, 0) is 50.1 Å². The molecule has 1 spiro atoms. The van der Waals surface area contributed by atoms with Crippen molar-refractivity contribution < 1.29 is 19.0 Å². The van der Waals surface area contributed by atoms with Crippen molar-refractivity contribution in [3.63, 3.8) is 0 Å². The lowest BCUT2D eigenvalue weighted by molar-refractivity contribution is -0.223. The monoisotopic (exact) mass is 369 g/mol. The van der Waals surface area contributed by atoms with Crippen molar-refractivity contribution in [2.75, 3.05) is 20.7 Å². The molecule has 0 amide bonds. The summed E-state index contributed by atoms with van der Waals surface area (Å²) in [6.07, 6.45) is 2.36. The SMILES string of the molecule is C=C1CC(C)C2(OC(C)=O)C3Cc4ccc(OC)c5c4C2(CCN3C)C1O5. The Morgan fingerprint density at radius 3 is 2.85 bits per heavy atom. The zero-order valence-corrected chi connectivity index (χ0v) is 16.5. The minimum Gasteiger partial charge on any atom is -0.493 e. The molecule has 2 aliphatic carbocycles. The fraction of sp³-hybridized carbons (Fsp3) is 0.591. The van der Waals surface area contributed by atoms with Gasteiger partial charge in [0.2, 0.25) is 0 Å². The lowest BCUT2D eigenvalue weighted by atomic mass is 9.45. The Labute approximate surface area is 160 Å². The van der Waals surface area contributed by atoms with Gasteiger partial charge >= 0.3 is 5.97 Å². The second kappa shape index (κ2) is 5.28. The van der Waals surface area contributed by atoms with Crippen LogP contribution in [0.5, 0.6) is 11.5 Å². The fourth-order valence-electron chi connectivity index (χ4n) is 6.74. The molecule has 2 fully saturated rings. The number of likely N-dealkylation sites (tertiary alicyclic amines) is 1. The largest absolute Gasteiger partial charge is 0.493 e. The van der Waals surface area contributed by atoms with E-state index in [4.69, 9.17) is 14.2 Å². The summed E-state index contributed by atoms with van der Waals surface area (Å²) in [5, 5.41) is 0. The summed E-state index contributed by atoms with van der Waals surface area (Å²) in [7, 11) is 3.83. The molecule has 2 heterocycles. The maximum absolute atomic E-state index is 12.4. The summed E-state index contributed by atoms with van der Waals surface area (Å²) in [4.78, 5) is 14.7. The highest BCUT2D eigenvalue weighted by atomic mass is 16.6. The van der Waals surface area contributed by atoms with Gasteiger partial charge in [0, 0.05) is 18.4 Å². The van der Waals surface area contributed by atoms with Crippen LogP contribution in [-0.4, -0.2) is 49.3 Å². The molecule has 1 aromatic carbocycles. The Hall–Kier alpha value is -2.01. The van der Waals surface area contributed by atoms with Crippen LogP contribution in [0.1, 0.15) is 37.8 Å². The molecule has 5 heteroatoms. The summed E-state index contributed by atoms with van der Waals surface area (Å²) >= 11 is 0. The summed E-state index contributed by atoms with van der Waals surface area (Å²) in [5.74, 6) is 1.54. The zero-order valence-electron chi connectivity index (χ0n) is 16.5. The lowest BCUT2D eigenvalue weighted by Crippen LogP contribution is -2.78. The molecule has 2 aliphatic heterocycles. The van der Waals surface area contributed by atoms with Crippen LogP contribution in [0.3, 0.4) is 0 Å². The highest BCUT2D eigenvalue weighted by molar-refractivity contribution is 5.70. The van der Waals surface area contributed by atoms with Gasteiger partial charge in [0.25, 0.3) is 0 Å². The highest BCUT2D eigenvalue weighted by Gasteiger charge is 2.76. The van der Waals surface area contributed by atoms with Crippen LogP contribution in [0.15, 0.2) is 24.3 Å². The first-order valence-electron chi connectivity index (χ1n) is 9.81. The number of likely N-dealkylation sites (N-methyl/N-ethyl adjacent to an activating group) is 1. The average molecular weight is 369 g/mol. The van der Waals surface area contributed by atoms with Crippen molar-refractivity contribution in [2.24, 2.45) is 5.92 Å². The standard InChI is InChI=1S/C22H27NO4/c1-12-10-13(2)22(27-14(3)24)17-11-15-6-7-16(25-5)19-18(15)21(22,20(12)26-19)8-9-23(17)4/h6-7,13,17,20H,1,8-11H2,2-5H3. The van der Waals surface area contributed by atoms with Gasteiger partial charge in [-0.2, -0.15) is 0 Å². The van der Waals surface area contributed by atoms with Crippen LogP contribution in [-0.2, 0) is 21.4 Å². The lowest BCUT2D eigenvalue weighted by Gasteiger charge is -2.66. The minimum atomic E-state index is -0.609. The Balaban J connectivity index is 1.87. The molecule has 1 saturated carbocycles. The van der Waals surface area contributed by atoms with E-state index in [1.165, 1.54) is 18.1 Å². The number of hydrogen-bond donors (Lipinski definition) is 0. The van der Waals surface area contributed by atoms with Crippen LogP contribution in [0.2, 0.25) is 0 Å². The molecule has 0 radical (unpaired) electrons. The Morgan fingerprint density at radius 2 is 2.15 bits per heavy atom. The number of methoxy groups -OCH3 is 1. The normalized spacial score (nSPS) is 38.8. The second-order valence-electron chi connectivity index (χ2n) is 8.70. The van der Waals surface area contributed by atoms with Crippen LogP contribution in [0.25, 0.3) is 0 Å². The first-order valence-corrected chi connectivity index (χ1v) is 9.81. The van der Waals surface area contributed by atoms with E-state index in [0.717, 1.165) is 42.9 Å². The number of ether oxygens (including phenoxy) is 3. The molecular formula is C22H27NO4. The van der Waals surface area contributed by atoms with Gasteiger partial charge in [-0.1, -0.05) is 19.6 Å². The van der Waals surface area contributed by atoms with E-state index in [9.17, 15) is 4.79 Å². The third kappa shape index (κ3) is 1.77. The summed E-state index contributed by atoms with van der Waals surface area (Å²) in [6, 6.07) is 4.30. The number of carbonyl (C=O) groups excluding carboxylic acids is 1. The molecule has 0 N–H and O–H groups in total. The van der Waals surface area contributed by atoms with Crippen LogP contribution in [0, 0.1) is 5.92 Å². The summed E-state index contributed by atoms with van der Waals surface area (Å²) in [6.45, 7) is 9.08. The first-order chi connectivity index (χ1) is 12.9. The summed E-state index contributed by atoms with van der Waals surface area (Å²) < 4.78 is 18.6. The topological polar surface area (TPSA) is 48.0 Å². The van der Waals surface area contributed by atoms with E-state index in [0.29, 0.717) is 0 Å². The van der Waals surface area contributed by atoms with Crippen molar-refractivity contribution in [1.29, 1.82) is 0 Å².